The van der Waals surface area contributed by atoms with E-state index in [1.165, 1.54) is 12.8 Å². The average Bonchev–Trinajstić information content (AvgIpc) is 2.21. The second kappa shape index (κ2) is 4.35. The minimum absolute atomic E-state index is 0.387. The van der Waals surface area contributed by atoms with E-state index in [0.717, 1.165) is 29.7 Å². The van der Waals surface area contributed by atoms with Gasteiger partial charge in [0, 0.05) is 6.42 Å². The molecule has 4 atom stereocenters. The van der Waals surface area contributed by atoms with Crippen LogP contribution in [0.3, 0.4) is 0 Å². The van der Waals surface area contributed by atoms with E-state index in [2.05, 4.69) is 26.8 Å². The molecule has 1 nitrogen and oxygen atoms in total. The smallest absolute Gasteiger partial charge is 0.158 e. The molecule has 1 saturated carbocycles. The van der Waals surface area contributed by atoms with Crippen molar-refractivity contribution in [3.05, 3.63) is 11.6 Å². The second-order valence-electron chi connectivity index (χ2n) is 6.18. The number of fused-ring (bicyclic) bond motifs is 1. The van der Waals surface area contributed by atoms with Gasteiger partial charge in [-0.05, 0) is 48.5 Å². The summed E-state index contributed by atoms with van der Waals surface area (Å²) < 4.78 is 0. The van der Waals surface area contributed by atoms with Crippen LogP contribution in [0.25, 0.3) is 0 Å². The molecule has 0 heterocycles. The van der Waals surface area contributed by atoms with E-state index in [4.69, 9.17) is 0 Å². The number of ketones is 1. The van der Waals surface area contributed by atoms with Crippen molar-refractivity contribution in [3.8, 4) is 0 Å². The fourth-order valence-corrected chi connectivity index (χ4v) is 3.68. The van der Waals surface area contributed by atoms with Crippen molar-refractivity contribution in [3.63, 3.8) is 0 Å². The summed E-state index contributed by atoms with van der Waals surface area (Å²) in [5.74, 6) is 3.95. The number of Topliss-reactive ketones (excluding diaryl/α,β-unsaturated/α-hetero) is 1. The molecule has 2 aliphatic carbocycles. The zero-order chi connectivity index (χ0) is 11.9. The Morgan fingerprint density at radius 2 is 2.00 bits per heavy atom. The van der Waals surface area contributed by atoms with Crippen molar-refractivity contribution in [1.82, 2.24) is 0 Å². The van der Waals surface area contributed by atoms with E-state index in [-0.39, 0.29) is 0 Å². The predicted octanol–water partition coefficient (Wildman–Crippen LogP) is 3.84. The normalized spacial score (nSPS) is 39.6. The maximum Gasteiger partial charge on any atom is 0.158 e. The number of hydrogen-bond acceptors (Lipinski definition) is 1. The third kappa shape index (κ3) is 1.97. The molecule has 2 rings (SSSR count). The quantitative estimate of drug-likeness (QED) is 0.656. The zero-order valence-corrected chi connectivity index (χ0v) is 11.0. The molecule has 90 valence electrons. The van der Waals surface area contributed by atoms with E-state index in [0.29, 0.717) is 17.6 Å². The van der Waals surface area contributed by atoms with Crippen LogP contribution in [0.5, 0.6) is 0 Å². The molecule has 0 radical (unpaired) electrons. The fraction of sp³-hybridized carbons (Fsp3) is 0.800. The largest absolute Gasteiger partial charge is 0.295 e. The zero-order valence-electron chi connectivity index (χ0n) is 11.0. The van der Waals surface area contributed by atoms with Gasteiger partial charge in [-0.1, -0.05) is 33.3 Å². The Balaban J connectivity index is 2.28. The first-order chi connectivity index (χ1) is 7.50. The Labute approximate surface area is 99.3 Å². The van der Waals surface area contributed by atoms with Crippen LogP contribution >= 0.6 is 0 Å². The summed E-state index contributed by atoms with van der Waals surface area (Å²) in [7, 11) is 0. The van der Waals surface area contributed by atoms with Crippen LogP contribution in [0.15, 0.2) is 11.6 Å². The summed E-state index contributed by atoms with van der Waals surface area (Å²) in [5.41, 5.74) is 1.01. The number of allylic oxidation sites excluding steroid dienone is 2. The Bertz CT molecular complexity index is 313. The molecule has 0 aliphatic heterocycles. The lowest BCUT2D eigenvalue weighted by molar-refractivity contribution is -0.118. The maximum atomic E-state index is 11.8. The Kier molecular flexibility index (Phi) is 3.23. The molecule has 1 heteroatoms. The highest BCUT2D eigenvalue weighted by Crippen LogP contribution is 2.46. The fourth-order valence-electron chi connectivity index (χ4n) is 3.68. The van der Waals surface area contributed by atoms with E-state index in [1.807, 2.05) is 6.92 Å². The highest BCUT2D eigenvalue weighted by atomic mass is 16.1. The van der Waals surface area contributed by atoms with Gasteiger partial charge in [0.2, 0.25) is 0 Å². The molecule has 0 amide bonds. The molecule has 0 aromatic heterocycles. The van der Waals surface area contributed by atoms with Crippen molar-refractivity contribution in [2.75, 3.05) is 0 Å². The average molecular weight is 220 g/mol. The summed E-state index contributed by atoms with van der Waals surface area (Å²) in [5, 5.41) is 0. The van der Waals surface area contributed by atoms with Crippen molar-refractivity contribution < 1.29 is 4.79 Å². The van der Waals surface area contributed by atoms with Crippen LogP contribution < -0.4 is 0 Å². The van der Waals surface area contributed by atoms with E-state index in [9.17, 15) is 4.79 Å². The summed E-state index contributed by atoms with van der Waals surface area (Å²) in [6.07, 6.45) is 5.75. The lowest BCUT2D eigenvalue weighted by Gasteiger charge is -2.44. The Morgan fingerprint density at radius 3 is 2.62 bits per heavy atom. The minimum atomic E-state index is 0.387. The molecule has 0 spiro atoms. The van der Waals surface area contributed by atoms with Crippen LogP contribution in [0.4, 0.5) is 0 Å². The minimum Gasteiger partial charge on any atom is -0.295 e. The summed E-state index contributed by atoms with van der Waals surface area (Å²) in [6.45, 7) is 8.99. The van der Waals surface area contributed by atoms with Crippen molar-refractivity contribution >= 4 is 5.78 Å². The van der Waals surface area contributed by atoms with Gasteiger partial charge >= 0.3 is 0 Å². The van der Waals surface area contributed by atoms with Crippen molar-refractivity contribution in [1.29, 1.82) is 0 Å². The number of carbonyl (C=O) groups is 1. The first-order valence-corrected chi connectivity index (χ1v) is 6.72. The van der Waals surface area contributed by atoms with Crippen LogP contribution in [0.1, 0.15) is 47.0 Å². The van der Waals surface area contributed by atoms with Gasteiger partial charge in [-0.15, -0.1) is 0 Å². The second-order valence-corrected chi connectivity index (χ2v) is 6.18. The van der Waals surface area contributed by atoms with Gasteiger partial charge in [-0.3, -0.25) is 4.79 Å². The van der Waals surface area contributed by atoms with E-state index in [1.54, 1.807) is 0 Å². The van der Waals surface area contributed by atoms with Gasteiger partial charge < -0.3 is 0 Å². The number of hydrogen-bond donors (Lipinski definition) is 0. The molecule has 16 heavy (non-hydrogen) atoms. The monoisotopic (exact) mass is 220 g/mol. The first kappa shape index (κ1) is 11.9. The summed E-state index contributed by atoms with van der Waals surface area (Å²) in [6, 6.07) is 0. The molecule has 0 aromatic carbocycles. The van der Waals surface area contributed by atoms with Crippen LogP contribution in [0, 0.1) is 29.6 Å². The molecular weight excluding hydrogens is 196 g/mol. The van der Waals surface area contributed by atoms with E-state index >= 15 is 0 Å². The van der Waals surface area contributed by atoms with Crippen LogP contribution in [-0.4, -0.2) is 5.78 Å². The summed E-state index contributed by atoms with van der Waals surface area (Å²) in [4.78, 5) is 11.8. The van der Waals surface area contributed by atoms with Crippen LogP contribution in [-0.2, 0) is 4.79 Å². The van der Waals surface area contributed by atoms with E-state index < -0.39 is 0 Å². The van der Waals surface area contributed by atoms with Crippen LogP contribution in [0.2, 0.25) is 0 Å². The maximum absolute atomic E-state index is 11.8. The Hall–Kier alpha value is -0.590. The molecule has 0 N–H and O–H groups in total. The number of carbonyl (C=O) groups excluding carboxylic acids is 1. The van der Waals surface area contributed by atoms with Crippen molar-refractivity contribution in [2.45, 2.75) is 47.0 Å². The molecule has 0 aromatic rings. The van der Waals surface area contributed by atoms with Gasteiger partial charge in [0.1, 0.15) is 0 Å². The lowest BCUT2D eigenvalue weighted by atomic mass is 9.60. The van der Waals surface area contributed by atoms with Gasteiger partial charge in [-0.25, -0.2) is 0 Å². The highest BCUT2D eigenvalue weighted by molar-refractivity contribution is 5.95. The predicted molar refractivity (Wildman–Crippen MR) is 67.1 cm³/mol. The first-order valence-electron chi connectivity index (χ1n) is 6.72. The standard InChI is InChI=1S/C15H24O/c1-9(2)12-6-5-10(3)13-8-15(16)11(4)7-14(12)13/h7,9-10,12-14H,5-6,8H2,1-4H3. The van der Waals surface area contributed by atoms with Gasteiger partial charge in [0.25, 0.3) is 0 Å². The third-order valence-electron chi connectivity index (χ3n) is 4.83. The number of rotatable bonds is 1. The molecule has 1 fully saturated rings. The van der Waals surface area contributed by atoms with Crippen molar-refractivity contribution in [2.24, 2.45) is 29.6 Å². The topological polar surface area (TPSA) is 17.1 Å². The SMILES string of the molecule is CC1=CC2C(C(C)C)CCC(C)C2CC1=O. The Morgan fingerprint density at radius 1 is 1.31 bits per heavy atom. The van der Waals surface area contributed by atoms with Gasteiger partial charge in [0.05, 0.1) is 0 Å². The lowest BCUT2D eigenvalue weighted by Crippen LogP contribution is -2.38. The molecular formula is C15H24O. The molecule has 0 saturated heterocycles. The van der Waals surface area contributed by atoms with Gasteiger partial charge in [-0.2, -0.15) is 0 Å². The summed E-state index contributed by atoms with van der Waals surface area (Å²) >= 11 is 0. The molecule has 4 unspecified atom stereocenters. The van der Waals surface area contributed by atoms with Gasteiger partial charge in [0.15, 0.2) is 5.78 Å². The highest BCUT2D eigenvalue weighted by Gasteiger charge is 2.40. The molecule has 2 aliphatic rings. The third-order valence-corrected chi connectivity index (χ3v) is 4.83. The molecule has 0 bridgehead atoms.